The topological polar surface area (TPSA) is 48.4 Å². The first-order valence-electron chi connectivity index (χ1n) is 8.01. The van der Waals surface area contributed by atoms with Crippen LogP contribution in [-0.2, 0) is 0 Å². The molecule has 0 radical (unpaired) electrons. The highest BCUT2D eigenvalue weighted by molar-refractivity contribution is 6.01. The number of aromatic nitrogens is 1. The maximum atomic E-state index is 11.7. The van der Waals surface area contributed by atoms with Gasteiger partial charge in [0.15, 0.2) is 6.29 Å². The number of pyridine rings is 1. The molecule has 0 aliphatic heterocycles. The van der Waals surface area contributed by atoms with Crippen molar-refractivity contribution in [1.82, 2.24) is 4.98 Å². The molecule has 0 amide bonds. The fraction of sp³-hybridized carbons (Fsp3) is 0.200. The molecule has 0 saturated heterocycles. The van der Waals surface area contributed by atoms with Gasteiger partial charge in [-0.3, -0.25) is 9.78 Å². The Morgan fingerprint density at radius 1 is 1.04 bits per heavy atom. The largest absolute Gasteiger partial charge is 0.494 e. The van der Waals surface area contributed by atoms with Gasteiger partial charge in [-0.1, -0.05) is 24.3 Å². The number of fused-ring (bicyclic) bond motifs is 1. The number of nitrogens with zero attached hydrogens (tertiary/aromatic N) is 1. The lowest BCUT2D eigenvalue weighted by Gasteiger charge is -2.16. The van der Waals surface area contributed by atoms with Crippen LogP contribution >= 0.6 is 0 Å². The van der Waals surface area contributed by atoms with E-state index in [1.54, 1.807) is 12.3 Å². The molecule has 122 valence electrons. The van der Waals surface area contributed by atoms with Gasteiger partial charge in [0, 0.05) is 23.2 Å². The van der Waals surface area contributed by atoms with Crippen molar-refractivity contribution < 1.29 is 14.3 Å². The van der Waals surface area contributed by atoms with Crippen LogP contribution in [0.4, 0.5) is 0 Å². The van der Waals surface area contributed by atoms with E-state index >= 15 is 0 Å². The Hall–Kier alpha value is -2.88. The number of rotatable bonds is 6. The molecule has 3 aromatic rings. The smallest absolute Gasteiger partial charge is 0.151 e. The van der Waals surface area contributed by atoms with Crippen LogP contribution in [0.5, 0.6) is 11.5 Å². The van der Waals surface area contributed by atoms with Crippen LogP contribution in [0.25, 0.3) is 22.0 Å². The molecule has 4 heteroatoms. The van der Waals surface area contributed by atoms with Crippen LogP contribution < -0.4 is 9.47 Å². The van der Waals surface area contributed by atoms with Gasteiger partial charge in [0.05, 0.1) is 24.5 Å². The van der Waals surface area contributed by atoms with Crippen molar-refractivity contribution in [3.8, 4) is 22.8 Å². The Bertz CT molecular complexity index is 869. The minimum atomic E-state index is 0.492. The van der Waals surface area contributed by atoms with E-state index in [-0.39, 0.29) is 0 Å². The molecule has 0 aliphatic rings. The van der Waals surface area contributed by atoms with Crippen LogP contribution in [0.2, 0.25) is 0 Å². The van der Waals surface area contributed by atoms with Gasteiger partial charge in [0.2, 0.25) is 0 Å². The molecule has 2 aromatic carbocycles. The van der Waals surface area contributed by atoms with Gasteiger partial charge in [0.25, 0.3) is 0 Å². The summed E-state index contributed by atoms with van der Waals surface area (Å²) < 4.78 is 11.3. The maximum Gasteiger partial charge on any atom is 0.151 e. The summed E-state index contributed by atoms with van der Waals surface area (Å²) in [6.45, 7) is 4.83. The zero-order valence-electron chi connectivity index (χ0n) is 13.8. The summed E-state index contributed by atoms with van der Waals surface area (Å²) in [5.74, 6) is 1.22. The van der Waals surface area contributed by atoms with E-state index in [9.17, 15) is 4.79 Å². The van der Waals surface area contributed by atoms with Crippen molar-refractivity contribution in [2.45, 2.75) is 13.8 Å². The Morgan fingerprint density at radius 2 is 1.83 bits per heavy atom. The first-order chi connectivity index (χ1) is 11.8. The monoisotopic (exact) mass is 321 g/mol. The molecule has 1 heterocycles. The van der Waals surface area contributed by atoms with Gasteiger partial charge in [-0.15, -0.1) is 0 Å². The summed E-state index contributed by atoms with van der Waals surface area (Å²) in [5.41, 5.74) is 1.95. The maximum absolute atomic E-state index is 11.7. The Morgan fingerprint density at radius 3 is 2.58 bits per heavy atom. The van der Waals surface area contributed by atoms with Gasteiger partial charge < -0.3 is 9.47 Å². The molecule has 4 nitrogen and oxygen atoms in total. The van der Waals surface area contributed by atoms with Crippen LogP contribution in [0.15, 0.2) is 48.7 Å². The number of carbonyl (C=O) groups excluding carboxylic acids is 1. The van der Waals surface area contributed by atoms with E-state index in [0.717, 1.165) is 22.8 Å². The predicted octanol–water partition coefficient (Wildman–Crippen LogP) is 4.51. The fourth-order valence-corrected chi connectivity index (χ4v) is 2.80. The molecule has 1 aromatic heterocycles. The Kier molecular flexibility index (Phi) is 4.75. The highest BCUT2D eigenvalue weighted by atomic mass is 16.5. The van der Waals surface area contributed by atoms with Crippen LogP contribution in [0, 0.1) is 0 Å². The van der Waals surface area contributed by atoms with Crippen molar-refractivity contribution >= 4 is 17.1 Å². The molecule has 0 bridgehead atoms. The van der Waals surface area contributed by atoms with E-state index in [4.69, 9.17) is 9.47 Å². The average Bonchev–Trinajstić information content (AvgIpc) is 2.61. The summed E-state index contributed by atoms with van der Waals surface area (Å²) in [4.78, 5) is 16.2. The van der Waals surface area contributed by atoms with Gasteiger partial charge in [0.1, 0.15) is 11.5 Å². The Labute approximate surface area is 141 Å². The van der Waals surface area contributed by atoms with Crippen molar-refractivity contribution in [2.24, 2.45) is 0 Å². The molecule has 0 aliphatic carbocycles. The predicted molar refractivity (Wildman–Crippen MR) is 94.9 cm³/mol. The molecule has 0 N–H and O–H groups in total. The number of aldehydes is 1. The third kappa shape index (κ3) is 2.95. The van der Waals surface area contributed by atoms with Crippen LogP contribution in [0.3, 0.4) is 0 Å². The quantitative estimate of drug-likeness (QED) is 0.627. The summed E-state index contributed by atoms with van der Waals surface area (Å²) in [6.07, 6.45) is 2.57. The zero-order valence-corrected chi connectivity index (χ0v) is 13.8. The third-order valence-electron chi connectivity index (χ3n) is 3.75. The summed E-state index contributed by atoms with van der Waals surface area (Å²) in [5, 5.41) is 2.05. The second kappa shape index (κ2) is 7.13. The number of benzene rings is 2. The van der Waals surface area contributed by atoms with Gasteiger partial charge in [-0.2, -0.15) is 0 Å². The lowest BCUT2D eigenvalue weighted by atomic mass is 9.98. The molecule has 24 heavy (non-hydrogen) atoms. The lowest BCUT2D eigenvalue weighted by molar-refractivity contribution is 0.112. The number of hydrogen-bond acceptors (Lipinski definition) is 4. The molecule has 0 spiro atoms. The Balaban J connectivity index is 2.30. The summed E-state index contributed by atoms with van der Waals surface area (Å²) in [7, 11) is 0. The second-order valence-electron chi connectivity index (χ2n) is 5.25. The molecule has 0 fully saturated rings. The lowest BCUT2D eigenvalue weighted by Crippen LogP contribution is -2.01. The zero-order chi connectivity index (χ0) is 16.9. The van der Waals surface area contributed by atoms with Crippen LogP contribution in [-0.4, -0.2) is 24.5 Å². The minimum absolute atomic E-state index is 0.492. The molecular formula is C20H19NO3. The molecular weight excluding hydrogens is 302 g/mol. The number of carbonyl (C=O) groups is 1. The van der Waals surface area contributed by atoms with Crippen molar-refractivity contribution in [3.63, 3.8) is 0 Å². The second-order valence-corrected chi connectivity index (χ2v) is 5.25. The van der Waals surface area contributed by atoms with Crippen LogP contribution in [0.1, 0.15) is 24.2 Å². The molecule has 0 atom stereocenters. The van der Waals surface area contributed by atoms with E-state index in [2.05, 4.69) is 4.98 Å². The molecule has 0 unspecified atom stereocenters. The summed E-state index contributed by atoms with van der Waals surface area (Å²) in [6, 6.07) is 13.5. The van der Waals surface area contributed by atoms with E-state index in [1.165, 1.54) is 0 Å². The van der Waals surface area contributed by atoms with Crippen molar-refractivity contribution in [3.05, 3.63) is 54.2 Å². The SMILES string of the molecule is CCOc1cc(C=O)c(-c2nccc3ccccc23)c(OCC)c1. The van der Waals surface area contributed by atoms with Gasteiger partial charge in [-0.25, -0.2) is 0 Å². The highest BCUT2D eigenvalue weighted by Crippen LogP contribution is 2.38. The number of ether oxygens (including phenoxy) is 2. The van der Waals surface area contributed by atoms with E-state index in [0.29, 0.717) is 35.8 Å². The normalized spacial score (nSPS) is 10.6. The van der Waals surface area contributed by atoms with E-state index in [1.807, 2.05) is 50.2 Å². The molecule has 0 saturated carbocycles. The number of hydrogen-bond donors (Lipinski definition) is 0. The van der Waals surface area contributed by atoms with Gasteiger partial charge >= 0.3 is 0 Å². The summed E-state index contributed by atoms with van der Waals surface area (Å²) >= 11 is 0. The first-order valence-corrected chi connectivity index (χ1v) is 8.01. The third-order valence-corrected chi connectivity index (χ3v) is 3.75. The first kappa shape index (κ1) is 16.0. The van der Waals surface area contributed by atoms with Gasteiger partial charge in [-0.05, 0) is 31.4 Å². The fourth-order valence-electron chi connectivity index (χ4n) is 2.80. The average molecular weight is 321 g/mol. The standard InChI is InChI=1S/C20H19NO3/c1-3-23-16-11-15(13-22)19(18(12-16)24-4-2)20-17-8-6-5-7-14(17)9-10-21-20/h5-13H,3-4H2,1-2H3. The molecule has 3 rings (SSSR count). The van der Waals surface area contributed by atoms with Crippen molar-refractivity contribution in [2.75, 3.05) is 13.2 Å². The van der Waals surface area contributed by atoms with Crippen molar-refractivity contribution in [1.29, 1.82) is 0 Å². The van der Waals surface area contributed by atoms with E-state index < -0.39 is 0 Å². The highest BCUT2D eigenvalue weighted by Gasteiger charge is 2.18. The minimum Gasteiger partial charge on any atom is -0.494 e.